The summed E-state index contributed by atoms with van der Waals surface area (Å²) in [5.41, 5.74) is 4.51. The molecule has 2 nitrogen and oxygen atoms in total. The maximum absolute atomic E-state index is 4.57. The minimum Gasteiger partial charge on any atom is -0.255 e. The van der Waals surface area contributed by atoms with Crippen molar-refractivity contribution < 1.29 is 0 Å². The molecule has 0 aromatic carbocycles. The van der Waals surface area contributed by atoms with E-state index in [0.717, 1.165) is 23.0 Å². The van der Waals surface area contributed by atoms with Crippen LogP contribution in [0.15, 0.2) is 0 Å². The standard InChI is InChI=1S/C10H14N2/c1-6-7(2)12-10(8(3)11-6)9-4-5-9/h9H,4-5H2,1-3H3. The molecule has 0 N–H and O–H groups in total. The molecule has 0 aliphatic heterocycles. The van der Waals surface area contributed by atoms with E-state index in [1.807, 2.05) is 13.8 Å². The van der Waals surface area contributed by atoms with E-state index in [1.165, 1.54) is 18.5 Å². The second-order valence-corrected chi connectivity index (χ2v) is 3.64. The van der Waals surface area contributed by atoms with Gasteiger partial charge < -0.3 is 0 Å². The summed E-state index contributed by atoms with van der Waals surface area (Å²) in [5, 5.41) is 0. The highest BCUT2D eigenvalue weighted by Crippen LogP contribution is 2.40. The molecular weight excluding hydrogens is 148 g/mol. The van der Waals surface area contributed by atoms with Gasteiger partial charge in [-0.25, -0.2) is 0 Å². The molecule has 2 heteroatoms. The normalized spacial score (nSPS) is 16.6. The summed E-state index contributed by atoms with van der Waals surface area (Å²) in [4.78, 5) is 9.04. The summed E-state index contributed by atoms with van der Waals surface area (Å²) in [5.74, 6) is 0.719. The van der Waals surface area contributed by atoms with Crippen molar-refractivity contribution in [3.63, 3.8) is 0 Å². The smallest absolute Gasteiger partial charge is 0.0650 e. The van der Waals surface area contributed by atoms with Gasteiger partial charge in [0, 0.05) is 5.92 Å². The molecule has 1 aromatic rings. The van der Waals surface area contributed by atoms with Gasteiger partial charge in [0.15, 0.2) is 0 Å². The first-order valence-corrected chi connectivity index (χ1v) is 4.50. The van der Waals surface area contributed by atoms with Gasteiger partial charge in [-0.3, -0.25) is 9.97 Å². The molecule has 0 radical (unpaired) electrons. The van der Waals surface area contributed by atoms with E-state index in [9.17, 15) is 0 Å². The SMILES string of the molecule is Cc1nc(C)c(C2CC2)nc1C. The highest BCUT2D eigenvalue weighted by atomic mass is 14.8. The lowest BCUT2D eigenvalue weighted by Crippen LogP contribution is -2.00. The van der Waals surface area contributed by atoms with Crippen LogP contribution in [0.1, 0.15) is 41.5 Å². The van der Waals surface area contributed by atoms with Crippen molar-refractivity contribution in [1.82, 2.24) is 9.97 Å². The maximum Gasteiger partial charge on any atom is 0.0650 e. The van der Waals surface area contributed by atoms with E-state index in [1.54, 1.807) is 0 Å². The third-order valence-electron chi connectivity index (χ3n) is 2.48. The maximum atomic E-state index is 4.57. The van der Waals surface area contributed by atoms with Gasteiger partial charge in [0.05, 0.1) is 22.8 Å². The van der Waals surface area contributed by atoms with Crippen molar-refractivity contribution in [3.8, 4) is 0 Å². The summed E-state index contributed by atoms with van der Waals surface area (Å²) in [6.07, 6.45) is 2.61. The van der Waals surface area contributed by atoms with Gasteiger partial charge in [0.25, 0.3) is 0 Å². The number of hydrogen-bond acceptors (Lipinski definition) is 2. The molecule has 1 fully saturated rings. The Morgan fingerprint density at radius 1 is 0.917 bits per heavy atom. The molecule has 0 unspecified atom stereocenters. The molecule has 0 atom stereocenters. The van der Waals surface area contributed by atoms with Crippen LogP contribution in [0.25, 0.3) is 0 Å². The molecule has 12 heavy (non-hydrogen) atoms. The molecule has 1 heterocycles. The summed E-state index contributed by atoms with van der Waals surface area (Å²) in [7, 11) is 0. The van der Waals surface area contributed by atoms with Crippen LogP contribution >= 0.6 is 0 Å². The van der Waals surface area contributed by atoms with Gasteiger partial charge in [0.2, 0.25) is 0 Å². The van der Waals surface area contributed by atoms with Gasteiger partial charge in [-0.15, -0.1) is 0 Å². The lowest BCUT2D eigenvalue weighted by molar-refractivity contribution is 0.896. The second-order valence-electron chi connectivity index (χ2n) is 3.64. The highest BCUT2D eigenvalue weighted by molar-refractivity contribution is 5.23. The molecule has 0 bridgehead atoms. The highest BCUT2D eigenvalue weighted by Gasteiger charge is 2.27. The first-order chi connectivity index (χ1) is 5.68. The zero-order chi connectivity index (χ0) is 8.72. The van der Waals surface area contributed by atoms with Crippen molar-refractivity contribution >= 4 is 0 Å². The molecule has 1 aliphatic rings. The molecule has 64 valence electrons. The minimum absolute atomic E-state index is 0.719. The van der Waals surface area contributed by atoms with Crippen LogP contribution in [0.2, 0.25) is 0 Å². The molecule has 0 amide bonds. The Morgan fingerprint density at radius 2 is 1.50 bits per heavy atom. The van der Waals surface area contributed by atoms with Crippen LogP contribution in [0.5, 0.6) is 0 Å². The van der Waals surface area contributed by atoms with Crippen molar-refractivity contribution in [2.75, 3.05) is 0 Å². The number of aryl methyl sites for hydroxylation is 3. The molecule has 1 aliphatic carbocycles. The van der Waals surface area contributed by atoms with Crippen LogP contribution in [-0.2, 0) is 0 Å². The topological polar surface area (TPSA) is 25.8 Å². The van der Waals surface area contributed by atoms with E-state index < -0.39 is 0 Å². The minimum atomic E-state index is 0.719. The fraction of sp³-hybridized carbons (Fsp3) is 0.600. The molecule has 0 saturated heterocycles. The Labute approximate surface area is 73.1 Å². The van der Waals surface area contributed by atoms with Gasteiger partial charge in [-0.2, -0.15) is 0 Å². The summed E-state index contributed by atoms with van der Waals surface area (Å²) in [6, 6.07) is 0. The zero-order valence-electron chi connectivity index (χ0n) is 7.89. The van der Waals surface area contributed by atoms with E-state index in [0.29, 0.717) is 0 Å². The summed E-state index contributed by atoms with van der Waals surface area (Å²) >= 11 is 0. The Morgan fingerprint density at radius 3 is 2.08 bits per heavy atom. The van der Waals surface area contributed by atoms with Crippen LogP contribution in [0.4, 0.5) is 0 Å². The summed E-state index contributed by atoms with van der Waals surface area (Å²) < 4.78 is 0. The van der Waals surface area contributed by atoms with E-state index in [4.69, 9.17) is 0 Å². The van der Waals surface area contributed by atoms with Crippen LogP contribution < -0.4 is 0 Å². The molecular formula is C10H14N2. The average molecular weight is 162 g/mol. The van der Waals surface area contributed by atoms with E-state index in [-0.39, 0.29) is 0 Å². The van der Waals surface area contributed by atoms with Gasteiger partial charge in [-0.1, -0.05) is 0 Å². The van der Waals surface area contributed by atoms with Gasteiger partial charge >= 0.3 is 0 Å². The average Bonchev–Trinajstić information content (AvgIpc) is 2.79. The summed E-state index contributed by atoms with van der Waals surface area (Å²) in [6.45, 7) is 6.12. The van der Waals surface area contributed by atoms with Crippen molar-refractivity contribution in [2.24, 2.45) is 0 Å². The van der Waals surface area contributed by atoms with Crippen molar-refractivity contribution in [3.05, 3.63) is 22.8 Å². The van der Waals surface area contributed by atoms with Gasteiger partial charge in [-0.05, 0) is 33.6 Å². The predicted octanol–water partition coefficient (Wildman–Crippen LogP) is 2.28. The number of aromatic nitrogens is 2. The Hall–Kier alpha value is -0.920. The lowest BCUT2D eigenvalue weighted by atomic mass is 10.2. The van der Waals surface area contributed by atoms with Crippen molar-refractivity contribution in [2.45, 2.75) is 39.5 Å². The van der Waals surface area contributed by atoms with Crippen molar-refractivity contribution in [1.29, 1.82) is 0 Å². The Bertz CT molecular complexity index is 314. The lowest BCUT2D eigenvalue weighted by Gasteiger charge is -2.05. The number of rotatable bonds is 1. The van der Waals surface area contributed by atoms with Crippen LogP contribution in [0.3, 0.4) is 0 Å². The molecule has 1 saturated carbocycles. The zero-order valence-corrected chi connectivity index (χ0v) is 7.89. The predicted molar refractivity (Wildman–Crippen MR) is 48.2 cm³/mol. The Kier molecular flexibility index (Phi) is 1.63. The van der Waals surface area contributed by atoms with Gasteiger partial charge in [0.1, 0.15) is 0 Å². The Balaban J connectivity index is 2.47. The third kappa shape index (κ3) is 1.22. The van der Waals surface area contributed by atoms with E-state index in [2.05, 4.69) is 16.9 Å². The first kappa shape index (κ1) is 7.71. The molecule has 2 rings (SSSR count). The monoisotopic (exact) mass is 162 g/mol. The molecule has 1 aromatic heterocycles. The first-order valence-electron chi connectivity index (χ1n) is 4.50. The second kappa shape index (κ2) is 2.54. The van der Waals surface area contributed by atoms with Crippen LogP contribution in [0, 0.1) is 20.8 Å². The quantitative estimate of drug-likeness (QED) is 0.633. The number of nitrogens with zero attached hydrogens (tertiary/aromatic N) is 2. The largest absolute Gasteiger partial charge is 0.255 e. The fourth-order valence-corrected chi connectivity index (χ4v) is 1.48. The van der Waals surface area contributed by atoms with E-state index >= 15 is 0 Å². The fourth-order valence-electron chi connectivity index (χ4n) is 1.48. The third-order valence-corrected chi connectivity index (χ3v) is 2.48. The molecule has 0 spiro atoms. The number of hydrogen-bond donors (Lipinski definition) is 0. The van der Waals surface area contributed by atoms with Crippen LogP contribution in [-0.4, -0.2) is 9.97 Å².